The van der Waals surface area contributed by atoms with Crippen molar-refractivity contribution in [2.75, 3.05) is 0 Å². The first-order valence-electron chi connectivity index (χ1n) is 2.33. The lowest BCUT2D eigenvalue weighted by atomic mass is 9.98. The molecule has 2 N–H and O–H groups in total. The third-order valence-corrected chi connectivity index (χ3v) is 0.553. The van der Waals surface area contributed by atoms with E-state index in [1.807, 2.05) is 13.9 Å². The van der Waals surface area contributed by atoms with Gasteiger partial charge in [-0.05, 0) is 6.08 Å². The quantitative estimate of drug-likeness (QED) is 0.169. The van der Waals surface area contributed by atoms with Crippen LogP contribution in [0.2, 0.25) is 0 Å². The van der Waals surface area contributed by atoms with Crippen molar-refractivity contribution in [2.24, 2.45) is 10.9 Å². The summed E-state index contributed by atoms with van der Waals surface area (Å²) in [6.45, 7) is 3.64. The maximum absolute atomic E-state index is 4.80. The molecule has 0 aliphatic rings. The predicted molar refractivity (Wildman–Crippen MR) is 39.5 cm³/mol. The van der Waals surface area contributed by atoms with Gasteiger partial charge < -0.3 is 5.84 Å². The van der Waals surface area contributed by atoms with E-state index in [2.05, 4.69) is 11.7 Å². The lowest BCUT2D eigenvalue weighted by molar-refractivity contribution is 1.27. The first kappa shape index (κ1) is 7.01. The summed E-state index contributed by atoms with van der Waals surface area (Å²) in [4.78, 5) is 0. The molecule has 0 atom stereocenters. The second-order valence-corrected chi connectivity index (χ2v) is 1.50. The van der Waals surface area contributed by atoms with Crippen molar-refractivity contribution in [3.8, 4) is 0 Å². The highest BCUT2D eigenvalue weighted by Crippen LogP contribution is 1.79. The standard InChI is InChI=1S/C5H9BN2/c1-5(6)3-2-4-8-7/h2-4H,1,6-7H2/b3-2-,8-4-. The normalized spacial score (nSPS) is 11.0. The van der Waals surface area contributed by atoms with Crippen LogP contribution >= 0.6 is 0 Å². The van der Waals surface area contributed by atoms with Gasteiger partial charge in [0.15, 0.2) is 0 Å². The fourth-order valence-corrected chi connectivity index (χ4v) is 0.257. The van der Waals surface area contributed by atoms with E-state index in [1.54, 1.807) is 6.08 Å². The molecule has 3 heteroatoms. The minimum Gasteiger partial charge on any atom is -0.323 e. The van der Waals surface area contributed by atoms with Crippen LogP contribution in [-0.4, -0.2) is 14.1 Å². The Bertz CT molecular complexity index is 126. The highest BCUT2D eigenvalue weighted by atomic mass is 15.1. The number of hydrogen-bond acceptors (Lipinski definition) is 2. The zero-order valence-corrected chi connectivity index (χ0v) is 4.96. The van der Waals surface area contributed by atoms with Gasteiger partial charge in [-0.15, -0.1) is 6.58 Å². The van der Waals surface area contributed by atoms with Crippen LogP contribution < -0.4 is 5.84 Å². The fraction of sp³-hybridized carbons (Fsp3) is 0. The van der Waals surface area contributed by atoms with Gasteiger partial charge in [-0.2, -0.15) is 5.10 Å². The zero-order valence-electron chi connectivity index (χ0n) is 4.96. The van der Waals surface area contributed by atoms with Gasteiger partial charge in [0.1, 0.15) is 7.85 Å². The summed E-state index contributed by atoms with van der Waals surface area (Å²) < 4.78 is 0. The number of rotatable bonds is 2. The van der Waals surface area contributed by atoms with E-state index in [4.69, 9.17) is 5.84 Å². The number of nitrogens with zero attached hydrogens (tertiary/aromatic N) is 1. The van der Waals surface area contributed by atoms with E-state index in [9.17, 15) is 0 Å². The predicted octanol–water partition coefficient (Wildman–Crippen LogP) is -0.366. The molecule has 2 nitrogen and oxygen atoms in total. The van der Waals surface area contributed by atoms with Crippen molar-refractivity contribution in [2.45, 2.75) is 0 Å². The van der Waals surface area contributed by atoms with E-state index >= 15 is 0 Å². The molecule has 0 bridgehead atoms. The topological polar surface area (TPSA) is 38.4 Å². The maximum atomic E-state index is 4.80. The van der Waals surface area contributed by atoms with Crippen LogP contribution in [0.4, 0.5) is 0 Å². The maximum Gasteiger partial charge on any atom is 0.138 e. The Morgan fingerprint density at radius 3 is 2.75 bits per heavy atom. The van der Waals surface area contributed by atoms with E-state index in [1.165, 1.54) is 6.21 Å². The largest absolute Gasteiger partial charge is 0.323 e. The van der Waals surface area contributed by atoms with Gasteiger partial charge in [0.25, 0.3) is 0 Å². The summed E-state index contributed by atoms with van der Waals surface area (Å²) in [5.41, 5.74) is 0.991. The molecule has 0 spiro atoms. The molecule has 0 amide bonds. The summed E-state index contributed by atoms with van der Waals surface area (Å²) in [6.07, 6.45) is 5.08. The van der Waals surface area contributed by atoms with Crippen LogP contribution in [0.15, 0.2) is 29.3 Å². The van der Waals surface area contributed by atoms with Gasteiger partial charge >= 0.3 is 0 Å². The minimum atomic E-state index is 0.991. The Kier molecular flexibility index (Phi) is 3.67. The summed E-state index contributed by atoms with van der Waals surface area (Å²) in [5.74, 6) is 4.80. The molecule has 0 radical (unpaired) electrons. The smallest absolute Gasteiger partial charge is 0.138 e. The Labute approximate surface area is 50.2 Å². The number of nitrogens with two attached hydrogens (primary N) is 1. The molecule has 0 aromatic rings. The number of hydrogen-bond donors (Lipinski definition) is 1. The molecule has 0 unspecified atom stereocenters. The van der Waals surface area contributed by atoms with Crippen LogP contribution in [0.25, 0.3) is 0 Å². The molecule has 0 saturated heterocycles. The molecule has 0 aliphatic carbocycles. The molecule has 0 aromatic heterocycles. The highest BCUT2D eigenvalue weighted by molar-refractivity contribution is 6.23. The van der Waals surface area contributed by atoms with Crippen molar-refractivity contribution in [1.82, 2.24) is 0 Å². The molecule has 0 saturated carbocycles. The monoisotopic (exact) mass is 108 g/mol. The van der Waals surface area contributed by atoms with Crippen LogP contribution in [0.5, 0.6) is 0 Å². The van der Waals surface area contributed by atoms with Gasteiger partial charge in [-0.25, -0.2) is 0 Å². The fourth-order valence-electron chi connectivity index (χ4n) is 0.257. The van der Waals surface area contributed by atoms with Crippen molar-refractivity contribution in [3.63, 3.8) is 0 Å². The Morgan fingerprint density at radius 1 is 1.75 bits per heavy atom. The second kappa shape index (κ2) is 4.18. The van der Waals surface area contributed by atoms with Gasteiger partial charge in [0.05, 0.1) is 0 Å². The van der Waals surface area contributed by atoms with Gasteiger partial charge in [-0.3, -0.25) is 0 Å². The van der Waals surface area contributed by atoms with E-state index in [0.717, 1.165) is 5.47 Å². The first-order chi connectivity index (χ1) is 3.77. The third-order valence-electron chi connectivity index (χ3n) is 0.553. The van der Waals surface area contributed by atoms with Crippen LogP contribution in [0, 0.1) is 0 Å². The van der Waals surface area contributed by atoms with Gasteiger partial charge in [0.2, 0.25) is 0 Å². The van der Waals surface area contributed by atoms with E-state index in [0.29, 0.717) is 0 Å². The lowest BCUT2D eigenvalue weighted by Gasteiger charge is -1.77. The minimum absolute atomic E-state index is 0.991. The number of hydrazone groups is 1. The van der Waals surface area contributed by atoms with E-state index in [-0.39, 0.29) is 0 Å². The molecular weight excluding hydrogens is 98.9 g/mol. The van der Waals surface area contributed by atoms with Crippen molar-refractivity contribution in [3.05, 3.63) is 24.2 Å². The molecule has 0 fully saturated rings. The Hall–Kier alpha value is -0.985. The van der Waals surface area contributed by atoms with Crippen LogP contribution in [-0.2, 0) is 0 Å². The van der Waals surface area contributed by atoms with Gasteiger partial charge in [0, 0.05) is 6.21 Å². The molecule has 0 aromatic carbocycles. The van der Waals surface area contributed by atoms with Crippen LogP contribution in [0.3, 0.4) is 0 Å². The first-order valence-corrected chi connectivity index (χ1v) is 2.33. The lowest BCUT2D eigenvalue weighted by Crippen LogP contribution is -1.78. The summed E-state index contributed by atoms with van der Waals surface area (Å²) in [7, 11) is 1.90. The molecule has 0 rings (SSSR count). The summed E-state index contributed by atoms with van der Waals surface area (Å²) in [6, 6.07) is 0. The molecule has 0 heterocycles. The van der Waals surface area contributed by atoms with Crippen molar-refractivity contribution in [1.29, 1.82) is 0 Å². The summed E-state index contributed by atoms with van der Waals surface area (Å²) in [5, 5.41) is 3.25. The third kappa shape index (κ3) is 5.01. The summed E-state index contributed by atoms with van der Waals surface area (Å²) >= 11 is 0. The molecule has 8 heavy (non-hydrogen) atoms. The zero-order chi connectivity index (χ0) is 6.41. The average molecular weight is 108 g/mol. The average Bonchev–Trinajstić information content (AvgIpc) is 1.66. The second-order valence-electron chi connectivity index (χ2n) is 1.50. The SMILES string of the molecule is BC(=C)/C=C\C=N/N. The molecular formula is C5H9BN2. The Morgan fingerprint density at radius 2 is 2.38 bits per heavy atom. The van der Waals surface area contributed by atoms with Crippen LogP contribution in [0.1, 0.15) is 0 Å². The highest BCUT2D eigenvalue weighted by Gasteiger charge is 1.68. The van der Waals surface area contributed by atoms with E-state index < -0.39 is 0 Å². The Balaban J connectivity index is 3.50. The van der Waals surface area contributed by atoms with Crippen molar-refractivity contribution >= 4 is 14.1 Å². The van der Waals surface area contributed by atoms with Gasteiger partial charge in [-0.1, -0.05) is 11.5 Å². The molecule has 0 aliphatic heterocycles. The molecule has 42 valence electrons. The number of allylic oxidation sites excluding steroid dienone is 3. The van der Waals surface area contributed by atoms with Crippen molar-refractivity contribution < 1.29 is 0 Å².